The molecule has 2 atom stereocenters. The summed E-state index contributed by atoms with van der Waals surface area (Å²) >= 11 is 3.05. The Hall–Kier alpha value is -3.68. The molecule has 10 nitrogen and oxygen atoms in total. The molecule has 3 aromatic rings. The van der Waals surface area contributed by atoms with Crippen molar-refractivity contribution in [2.45, 2.75) is 45.8 Å². The molecule has 44 heavy (non-hydrogen) atoms. The van der Waals surface area contributed by atoms with E-state index in [9.17, 15) is 28.3 Å². The first kappa shape index (κ1) is 34.8. The van der Waals surface area contributed by atoms with Crippen molar-refractivity contribution in [3.8, 4) is 11.3 Å². The lowest BCUT2D eigenvalue weighted by atomic mass is 9.84. The normalized spacial score (nSPS) is 12.8. The number of nitrogens with zero attached hydrogens (tertiary/aromatic N) is 3. The maximum absolute atomic E-state index is 14.9. The van der Waals surface area contributed by atoms with E-state index < -0.39 is 47.6 Å². The average molecular weight is 678 g/mol. The summed E-state index contributed by atoms with van der Waals surface area (Å²) in [5.74, 6) is -2.17. The first-order valence-corrected chi connectivity index (χ1v) is 15.3. The molecule has 0 saturated carbocycles. The minimum atomic E-state index is -0.988. The van der Waals surface area contributed by atoms with Gasteiger partial charge in [-0.15, -0.1) is 0 Å². The Bertz CT molecular complexity index is 1430. The fourth-order valence-electron chi connectivity index (χ4n) is 4.84. The minimum Gasteiger partial charge on any atom is -0.387 e. The van der Waals surface area contributed by atoms with Gasteiger partial charge in [0.05, 0.1) is 23.1 Å². The van der Waals surface area contributed by atoms with E-state index >= 15 is 0 Å². The molecule has 0 unspecified atom stereocenters. The molecule has 0 saturated heterocycles. The molecule has 0 aliphatic rings. The highest BCUT2D eigenvalue weighted by atomic mass is 79.9. The van der Waals surface area contributed by atoms with Crippen molar-refractivity contribution in [2.24, 2.45) is 11.1 Å². The number of imidazole rings is 1. The third kappa shape index (κ3) is 9.41. The zero-order valence-corrected chi connectivity index (χ0v) is 26.6. The fourth-order valence-corrected chi connectivity index (χ4v) is 5.04. The van der Waals surface area contributed by atoms with Crippen LogP contribution in [0.3, 0.4) is 0 Å². The number of hydrogen-bond donors (Lipinski definition) is 4. The van der Waals surface area contributed by atoms with Crippen LogP contribution in [0, 0.1) is 17.0 Å². The highest BCUT2D eigenvalue weighted by Gasteiger charge is 2.38. The Labute approximate surface area is 264 Å². The molecule has 0 spiro atoms. The van der Waals surface area contributed by atoms with Crippen molar-refractivity contribution in [1.29, 1.82) is 0 Å². The van der Waals surface area contributed by atoms with Gasteiger partial charge in [-0.3, -0.25) is 14.4 Å². The lowest BCUT2D eigenvalue weighted by Crippen LogP contribution is -2.48. The van der Waals surface area contributed by atoms with Crippen LogP contribution in [0.25, 0.3) is 11.3 Å². The summed E-state index contributed by atoms with van der Waals surface area (Å²) in [6, 6.07) is 10.8. The maximum Gasteiger partial charge on any atom is 0.248 e. The smallest absolute Gasteiger partial charge is 0.248 e. The van der Waals surface area contributed by atoms with E-state index in [1.54, 1.807) is 10.8 Å². The number of alkyl halides is 1. The van der Waals surface area contributed by atoms with Crippen LogP contribution in [-0.2, 0) is 20.9 Å². The zero-order chi connectivity index (χ0) is 32.4. The second-order valence-corrected chi connectivity index (χ2v) is 12.0. The molecule has 238 valence electrons. The summed E-state index contributed by atoms with van der Waals surface area (Å²) in [7, 11) is 0. The van der Waals surface area contributed by atoms with Gasteiger partial charge in [0.15, 0.2) is 0 Å². The van der Waals surface area contributed by atoms with Gasteiger partial charge in [-0.05, 0) is 35.6 Å². The molecule has 13 heteroatoms. The summed E-state index contributed by atoms with van der Waals surface area (Å²) in [5, 5.41) is 15.4. The number of aromatic nitrogens is 2. The van der Waals surface area contributed by atoms with E-state index in [1.807, 2.05) is 51.1 Å². The minimum absolute atomic E-state index is 0.00189. The van der Waals surface area contributed by atoms with Crippen molar-refractivity contribution < 1.29 is 28.3 Å². The highest BCUT2D eigenvalue weighted by molar-refractivity contribution is 9.09. The number of amides is 3. The molecule has 0 radical (unpaired) electrons. The molecule has 0 aliphatic carbocycles. The molecule has 1 aromatic heterocycles. The van der Waals surface area contributed by atoms with Gasteiger partial charge in [0, 0.05) is 37.9 Å². The van der Waals surface area contributed by atoms with Gasteiger partial charge in [-0.25, -0.2) is 13.8 Å². The van der Waals surface area contributed by atoms with Crippen LogP contribution in [-0.4, -0.2) is 74.9 Å². The Morgan fingerprint density at radius 2 is 1.77 bits per heavy atom. The highest BCUT2D eigenvalue weighted by Crippen LogP contribution is 2.39. The number of halogens is 3. The van der Waals surface area contributed by atoms with Crippen molar-refractivity contribution in [3.05, 3.63) is 77.8 Å². The number of aliphatic hydroxyl groups excluding tert-OH is 1. The Kier molecular flexibility index (Phi) is 12.6. The molecule has 0 bridgehead atoms. The van der Waals surface area contributed by atoms with E-state index in [4.69, 9.17) is 10.7 Å². The molecule has 1 heterocycles. The van der Waals surface area contributed by atoms with E-state index in [-0.39, 0.29) is 48.5 Å². The Morgan fingerprint density at radius 1 is 1.09 bits per heavy atom. The second-order valence-electron chi connectivity index (χ2n) is 11.4. The molecular formula is C31H39BrF2N6O4. The molecule has 2 aromatic carbocycles. The number of nitrogens with two attached hydrogens (primary N) is 1. The van der Waals surface area contributed by atoms with Crippen molar-refractivity contribution in [1.82, 2.24) is 25.1 Å². The largest absolute Gasteiger partial charge is 0.387 e. The Balaban J connectivity index is 1.97. The van der Waals surface area contributed by atoms with Crippen LogP contribution < -0.4 is 16.4 Å². The second kappa shape index (κ2) is 15.9. The van der Waals surface area contributed by atoms with Crippen molar-refractivity contribution in [2.75, 3.05) is 31.6 Å². The number of hydrogen-bond acceptors (Lipinski definition) is 6. The summed E-state index contributed by atoms with van der Waals surface area (Å²) in [6.07, 6.45) is 1.68. The number of benzene rings is 2. The average Bonchev–Trinajstić information content (AvgIpc) is 3.39. The predicted molar refractivity (Wildman–Crippen MR) is 167 cm³/mol. The zero-order valence-electron chi connectivity index (χ0n) is 25.0. The monoisotopic (exact) mass is 676 g/mol. The molecule has 3 rings (SSSR count). The number of rotatable bonds is 14. The molecule has 5 N–H and O–H groups in total. The fraction of sp³-hybridized carbons (Fsp3) is 0.419. The number of nitrogens with one attached hydrogen (secondary N) is 2. The van der Waals surface area contributed by atoms with E-state index in [1.165, 1.54) is 4.90 Å². The first-order chi connectivity index (χ1) is 20.8. The van der Waals surface area contributed by atoms with Gasteiger partial charge in [-0.1, -0.05) is 67.0 Å². The first-order valence-electron chi connectivity index (χ1n) is 14.2. The third-order valence-electron chi connectivity index (χ3n) is 6.93. The summed E-state index contributed by atoms with van der Waals surface area (Å²) in [4.78, 5) is 43.4. The molecule has 3 amide bonds. The molecular weight excluding hydrogens is 638 g/mol. The topological polar surface area (TPSA) is 143 Å². The van der Waals surface area contributed by atoms with Gasteiger partial charge < -0.3 is 30.9 Å². The lowest BCUT2D eigenvalue weighted by molar-refractivity contribution is -0.140. The van der Waals surface area contributed by atoms with Crippen LogP contribution in [0.5, 0.6) is 0 Å². The standard InChI is InChI=1S/C31H39BrF2N6O4/c1-31(2,3)28(40(27(43)19-41)14-11-24(35)30(44)37-13-12-36-26(42)16-32)29-38-25(22-15-21(33)9-10-23(22)34)18-39(29)17-20-7-5-4-6-8-20/h4-10,15,18,24,28,41H,11-14,16-17,19,35H2,1-3H3,(H,36,42)(H,37,44)/t24-,28-/m0/s1. The number of aliphatic hydroxyl groups is 1. The number of carbonyl (C=O) groups excluding carboxylic acids is 3. The number of carbonyl (C=O) groups is 3. The molecule has 0 fully saturated rings. The van der Waals surface area contributed by atoms with Gasteiger partial charge >= 0.3 is 0 Å². The van der Waals surface area contributed by atoms with Gasteiger partial charge in [0.2, 0.25) is 17.7 Å². The lowest BCUT2D eigenvalue weighted by Gasteiger charge is -2.40. The van der Waals surface area contributed by atoms with Gasteiger partial charge in [-0.2, -0.15) is 0 Å². The van der Waals surface area contributed by atoms with E-state index in [2.05, 4.69) is 26.6 Å². The van der Waals surface area contributed by atoms with Crippen LogP contribution >= 0.6 is 15.9 Å². The van der Waals surface area contributed by atoms with E-state index in [0.29, 0.717) is 12.4 Å². The summed E-state index contributed by atoms with van der Waals surface area (Å²) in [6.45, 7) is 5.60. The van der Waals surface area contributed by atoms with Crippen molar-refractivity contribution >= 4 is 33.7 Å². The summed E-state index contributed by atoms with van der Waals surface area (Å²) < 4.78 is 30.8. The maximum atomic E-state index is 14.9. The van der Waals surface area contributed by atoms with Gasteiger partial charge in [0.25, 0.3) is 0 Å². The third-order valence-corrected chi connectivity index (χ3v) is 7.43. The quantitative estimate of drug-likeness (QED) is 0.153. The van der Waals surface area contributed by atoms with Crippen LogP contribution in [0.15, 0.2) is 54.7 Å². The predicted octanol–water partition coefficient (Wildman–Crippen LogP) is 3.13. The molecule has 0 aliphatic heterocycles. The summed E-state index contributed by atoms with van der Waals surface area (Å²) in [5.41, 5.74) is 6.56. The van der Waals surface area contributed by atoms with Crippen molar-refractivity contribution in [3.63, 3.8) is 0 Å². The van der Waals surface area contributed by atoms with Crippen LogP contribution in [0.4, 0.5) is 8.78 Å². The van der Waals surface area contributed by atoms with E-state index in [0.717, 1.165) is 23.8 Å². The van der Waals surface area contributed by atoms with Crippen LogP contribution in [0.2, 0.25) is 0 Å². The van der Waals surface area contributed by atoms with Crippen LogP contribution in [0.1, 0.15) is 44.6 Å². The Morgan fingerprint density at radius 3 is 2.41 bits per heavy atom. The SMILES string of the molecule is CC(C)(C)[C@H](c1nc(-c2cc(F)ccc2F)cn1Cc1ccccc1)N(CC[C@H](N)C(=O)NCCNC(=O)CBr)C(=O)CO. The van der Waals surface area contributed by atoms with Gasteiger partial charge in [0.1, 0.15) is 24.1 Å².